The second-order valence-corrected chi connectivity index (χ2v) is 5.60. The number of fused-ring (bicyclic) bond motifs is 1. The van der Waals surface area contributed by atoms with Gasteiger partial charge < -0.3 is 15.5 Å². The first-order valence-electron chi connectivity index (χ1n) is 7.43. The van der Waals surface area contributed by atoms with Gasteiger partial charge in [-0.25, -0.2) is 0 Å². The number of hydrogen-bond acceptors (Lipinski definition) is 5. The van der Waals surface area contributed by atoms with Crippen molar-refractivity contribution < 1.29 is 23.4 Å². The summed E-state index contributed by atoms with van der Waals surface area (Å²) in [6.07, 6.45) is -3.44. The third kappa shape index (κ3) is 3.36. The van der Waals surface area contributed by atoms with Crippen molar-refractivity contribution in [3.05, 3.63) is 42.1 Å². The Bertz CT molecular complexity index is 906. The number of aromatic nitrogens is 3. The molecule has 2 heterocycles. The molecule has 25 heavy (non-hydrogen) atoms. The van der Waals surface area contributed by atoms with Crippen molar-refractivity contribution in [1.29, 1.82) is 0 Å². The van der Waals surface area contributed by atoms with Crippen LogP contribution in [0.2, 0.25) is 0 Å². The fourth-order valence-corrected chi connectivity index (χ4v) is 2.41. The lowest BCUT2D eigenvalue weighted by Gasteiger charge is -2.13. The number of aliphatic hydroxyl groups is 1. The van der Waals surface area contributed by atoms with Gasteiger partial charge in [-0.3, -0.25) is 4.40 Å². The van der Waals surface area contributed by atoms with Gasteiger partial charge in [0, 0.05) is 18.3 Å². The van der Waals surface area contributed by atoms with E-state index in [0.717, 1.165) is 12.1 Å². The summed E-state index contributed by atoms with van der Waals surface area (Å²) >= 11 is 0. The number of benzene rings is 1. The Morgan fingerprint density at radius 2 is 2.00 bits per heavy atom. The molecule has 0 spiro atoms. The number of alkyl halides is 3. The Morgan fingerprint density at radius 1 is 1.24 bits per heavy atom. The molecule has 6 nitrogen and oxygen atoms in total. The van der Waals surface area contributed by atoms with Crippen molar-refractivity contribution in [3.63, 3.8) is 0 Å². The zero-order chi connectivity index (χ0) is 18.2. The molecule has 0 saturated carbocycles. The summed E-state index contributed by atoms with van der Waals surface area (Å²) in [5.41, 5.74) is 0.00609. The predicted molar refractivity (Wildman–Crippen MR) is 85.3 cm³/mol. The fourth-order valence-electron chi connectivity index (χ4n) is 2.41. The minimum absolute atomic E-state index is 0.145. The van der Waals surface area contributed by atoms with Gasteiger partial charge in [-0.2, -0.15) is 13.2 Å². The Morgan fingerprint density at radius 3 is 2.64 bits per heavy atom. The van der Waals surface area contributed by atoms with E-state index in [1.807, 2.05) is 0 Å². The number of phenols is 1. The number of hydrogen-bond donors (Lipinski definition) is 3. The highest BCUT2D eigenvalue weighted by molar-refractivity contribution is 5.81. The second-order valence-electron chi connectivity index (χ2n) is 5.60. The monoisotopic (exact) mass is 352 g/mol. The molecular weight excluding hydrogens is 337 g/mol. The molecule has 0 aliphatic carbocycles. The van der Waals surface area contributed by atoms with E-state index in [4.69, 9.17) is 0 Å². The summed E-state index contributed by atoms with van der Waals surface area (Å²) in [5.74, 6) is -0.159. The Balaban J connectivity index is 2.05. The normalized spacial score (nSPS) is 13.2. The van der Waals surface area contributed by atoms with Gasteiger partial charge in [0.2, 0.25) is 5.95 Å². The third-order valence-corrected chi connectivity index (χ3v) is 3.60. The number of nitrogens with one attached hydrogen (secondary N) is 1. The molecule has 0 fully saturated rings. The van der Waals surface area contributed by atoms with Crippen LogP contribution in [-0.2, 0) is 6.18 Å². The van der Waals surface area contributed by atoms with Crippen LogP contribution in [-0.4, -0.2) is 37.5 Å². The minimum atomic E-state index is -4.54. The van der Waals surface area contributed by atoms with Gasteiger partial charge >= 0.3 is 6.18 Å². The quantitative estimate of drug-likeness (QED) is 0.673. The summed E-state index contributed by atoms with van der Waals surface area (Å²) in [6, 6.07) is 6.13. The highest BCUT2D eigenvalue weighted by Gasteiger charge is 2.31. The SMILES string of the molecule is C[C@@H](O)CNc1nnc(-c2ccc(C(F)(F)F)cc2O)c2cccn12. The molecule has 0 bridgehead atoms. The maximum Gasteiger partial charge on any atom is 0.416 e. The first-order chi connectivity index (χ1) is 11.8. The first kappa shape index (κ1) is 17.0. The van der Waals surface area contributed by atoms with Crippen LogP contribution in [0.4, 0.5) is 19.1 Å². The largest absolute Gasteiger partial charge is 0.507 e. The molecule has 1 aromatic carbocycles. The van der Waals surface area contributed by atoms with E-state index >= 15 is 0 Å². The molecule has 3 aromatic rings. The zero-order valence-corrected chi connectivity index (χ0v) is 13.1. The number of halogens is 3. The van der Waals surface area contributed by atoms with Gasteiger partial charge in [0.15, 0.2) is 0 Å². The Hall–Kier alpha value is -2.81. The summed E-state index contributed by atoms with van der Waals surface area (Å²) in [5, 5.41) is 30.3. The summed E-state index contributed by atoms with van der Waals surface area (Å²) in [4.78, 5) is 0. The van der Waals surface area contributed by atoms with Crippen molar-refractivity contribution in [3.8, 4) is 17.0 Å². The van der Waals surface area contributed by atoms with Gasteiger partial charge in [-0.05, 0) is 37.3 Å². The average molecular weight is 352 g/mol. The lowest BCUT2D eigenvalue weighted by Crippen LogP contribution is -2.18. The number of anilines is 1. The molecule has 0 amide bonds. The standard InChI is InChI=1S/C16H15F3N4O2/c1-9(24)8-20-15-22-21-14(12-3-2-6-23(12)15)11-5-4-10(7-13(11)25)16(17,18)19/h2-7,9,24-25H,8H2,1H3,(H,20,22)/t9-/m1/s1. The Kier molecular flexibility index (Phi) is 4.25. The highest BCUT2D eigenvalue weighted by atomic mass is 19.4. The number of phenolic OH excluding ortho intramolecular Hbond substituents is 1. The molecule has 0 radical (unpaired) electrons. The second kappa shape index (κ2) is 6.25. The molecule has 0 aliphatic rings. The van der Waals surface area contributed by atoms with Gasteiger partial charge in [0.05, 0.1) is 17.2 Å². The van der Waals surface area contributed by atoms with Crippen LogP contribution >= 0.6 is 0 Å². The van der Waals surface area contributed by atoms with E-state index in [1.165, 1.54) is 0 Å². The van der Waals surface area contributed by atoms with E-state index in [0.29, 0.717) is 17.5 Å². The maximum absolute atomic E-state index is 12.7. The van der Waals surface area contributed by atoms with E-state index in [2.05, 4.69) is 15.5 Å². The van der Waals surface area contributed by atoms with Crippen LogP contribution in [0.25, 0.3) is 16.8 Å². The zero-order valence-electron chi connectivity index (χ0n) is 13.1. The molecule has 9 heteroatoms. The molecule has 0 aliphatic heterocycles. The average Bonchev–Trinajstić information content (AvgIpc) is 3.01. The van der Waals surface area contributed by atoms with Gasteiger partial charge in [0.1, 0.15) is 11.4 Å². The molecule has 0 unspecified atom stereocenters. The van der Waals surface area contributed by atoms with Crippen LogP contribution in [0.5, 0.6) is 5.75 Å². The lowest BCUT2D eigenvalue weighted by atomic mass is 10.1. The fraction of sp³-hybridized carbons (Fsp3) is 0.250. The van der Waals surface area contributed by atoms with E-state index in [-0.39, 0.29) is 17.8 Å². The van der Waals surface area contributed by atoms with Crippen molar-refractivity contribution in [2.24, 2.45) is 0 Å². The number of nitrogens with zero attached hydrogens (tertiary/aromatic N) is 3. The number of aromatic hydroxyl groups is 1. The van der Waals surface area contributed by atoms with Gasteiger partial charge in [-0.15, -0.1) is 10.2 Å². The molecular formula is C16H15F3N4O2. The molecule has 0 saturated heterocycles. The van der Waals surface area contributed by atoms with Crippen molar-refractivity contribution in [2.45, 2.75) is 19.2 Å². The maximum atomic E-state index is 12.7. The van der Waals surface area contributed by atoms with Crippen LogP contribution in [0.3, 0.4) is 0 Å². The van der Waals surface area contributed by atoms with Crippen LogP contribution in [0.1, 0.15) is 12.5 Å². The predicted octanol–water partition coefficient (Wildman–Crippen LogP) is 2.91. The van der Waals surface area contributed by atoms with Crippen molar-refractivity contribution in [1.82, 2.24) is 14.6 Å². The topological polar surface area (TPSA) is 82.7 Å². The lowest BCUT2D eigenvalue weighted by molar-refractivity contribution is -0.137. The molecule has 2 aromatic heterocycles. The van der Waals surface area contributed by atoms with E-state index in [9.17, 15) is 23.4 Å². The summed E-state index contributed by atoms with van der Waals surface area (Å²) in [7, 11) is 0. The number of rotatable bonds is 4. The van der Waals surface area contributed by atoms with Crippen LogP contribution in [0.15, 0.2) is 36.5 Å². The van der Waals surface area contributed by atoms with Crippen LogP contribution in [0, 0.1) is 0 Å². The summed E-state index contributed by atoms with van der Waals surface area (Å²) in [6.45, 7) is 1.87. The molecule has 3 N–H and O–H groups in total. The van der Waals surface area contributed by atoms with Gasteiger partial charge in [-0.1, -0.05) is 0 Å². The van der Waals surface area contributed by atoms with Crippen LogP contribution < -0.4 is 5.32 Å². The highest BCUT2D eigenvalue weighted by Crippen LogP contribution is 2.37. The number of aliphatic hydroxyl groups excluding tert-OH is 1. The smallest absolute Gasteiger partial charge is 0.416 e. The summed E-state index contributed by atoms with van der Waals surface area (Å²) < 4.78 is 39.8. The molecule has 1 atom stereocenters. The Labute approximate surface area is 140 Å². The van der Waals surface area contributed by atoms with Crippen molar-refractivity contribution >= 4 is 11.5 Å². The van der Waals surface area contributed by atoms with Crippen molar-refractivity contribution in [2.75, 3.05) is 11.9 Å². The van der Waals surface area contributed by atoms with E-state index in [1.54, 1.807) is 29.7 Å². The van der Waals surface area contributed by atoms with Gasteiger partial charge in [0.25, 0.3) is 0 Å². The minimum Gasteiger partial charge on any atom is -0.507 e. The molecule has 132 valence electrons. The van der Waals surface area contributed by atoms with E-state index < -0.39 is 23.6 Å². The molecule has 3 rings (SSSR count). The first-order valence-corrected chi connectivity index (χ1v) is 7.43. The third-order valence-electron chi connectivity index (χ3n) is 3.60.